The van der Waals surface area contributed by atoms with Crippen molar-refractivity contribution in [2.75, 3.05) is 36.5 Å². The summed E-state index contributed by atoms with van der Waals surface area (Å²) in [5.74, 6) is 0.544. The number of nitrogens with zero attached hydrogens (tertiary/aromatic N) is 2. The summed E-state index contributed by atoms with van der Waals surface area (Å²) in [5.41, 5.74) is 7.26. The number of anilines is 2. The van der Waals surface area contributed by atoms with Crippen molar-refractivity contribution in [2.24, 2.45) is 11.7 Å². The van der Waals surface area contributed by atoms with E-state index in [0.717, 1.165) is 31.4 Å². The number of rotatable bonds is 12. The molecule has 1 heterocycles. The van der Waals surface area contributed by atoms with Gasteiger partial charge in [-0.2, -0.15) is 0 Å². The van der Waals surface area contributed by atoms with Crippen molar-refractivity contribution in [1.29, 1.82) is 0 Å². The number of ether oxygens (including phenoxy) is 1. The second-order valence-corrected chi connectivity index (χ2v) is 10.1. The van der Waals surface area contributed by atoms with E-state index in [4.69, 9.17) is 10.5 Å². The Balaban J connectivity index is 1.61. The second kappa shape index (κ2) is 13.0. The number of halogens is 1. The molecular formula is C28H41FN4O3. The monoisotopic (exact) mass is 500 g/mol. The Kier molecular flexibility index (Phi) is 10.1. The Bertz CT molecular complexity index is 983. The summed E-state index contributed by atoms with van der Waals surface area (Å²) in [6.07, 6.45) is 2.71. The molecule has 1 aliphatic heterocycles. The van der Waals surface area contributed by atoms with Crippen molar-refractivity contribution in [3.63, 3.8) is 0 Å². The zero-order valence-electron chi connectivity index (χ0n) is 21.9. The molecule has 3 unspecified atom stereocenters. The van der Waals surface area contributed by atoms with E-state index in [1.807, 2.05) is 4.90 Å². The number of carbonyl (C=O) groups excluding carboxylic acids is 1. The van der Waals surface area contributed by atoms with Crippen LogP contribution in [0.3, 0.4) is 0 Å². The highest BCUT2D eigenvalue weighted by Crippen LogP contribution is 2.28. The van der Waals surface area contributed by atoms with Gasteiger partial charge >= 0.3 is 0 Å². The summed E-state index contributed by atoms with van der Waals surface area (Å²) in [5, 5.41) is 13.4. The van der Waals surface area contributed by atoms with Gasteiger partial charge in [0.25, 0.3) is 5.91 Å². The van der Waals surface area contributed by atoms with Gasteiger partial charge in [0.1, 0.15) is 17.8 Å². The van der Waals surface area contributed by atoms with Crippen LogP contribution in [-0.4, -0.2) is 56.1 Å². The van der Waals surface area contributed by atoms with Gasteiger partial charge in [-0.15, -0.1) is 0 Å². The number of hydrogen-bond donors (Lipinski definition) is 3. The number of hydrogen-bond acceptors (Lipinski definition) is 6. The van der Waals surface area contributed by atoms with Crippen LogP contribution in [0.1, 0.15) is 56.8 Å². The predicted octanol–water partition coefficient (Wildman–Crippen LogP) is 4.14. The van der Waals surface area contributed by atoms with Gasteiger partial charge < -0.3 is 30.7 Å². The molecule has 8 heteroatoms. The lowest BCUT2D eigenvalue weighted by molar-refractivity contribution is 0.0993. The lowest BCUT2D eigenvalue weighted by atomic mass is 10.0. The van der Waals surface area contributed by atoms with E-state index in [0.29, 0.717) is 42.6 Å². The van der Waals surface area contributed by atoms with Crippen molar-refractivity contribution in [2.45, 2.75) is 64.8 Å². The molecule has 0 radical (unpaired) electrons. The zero-order chi connectivity index (χ0) is 26.2. The minimum atomic E-state index is -0.935. The molecule has 2 aromatic carbocycles. The molecule has 198 valence electrons. The van der Waals surface area contributed by atoms with Crippen molar-refractivity contribution in [3.8, 4) is 5.75 Å². The van der Waals surface area contributed by atoms with Gasteiger partial charge in [0.2, 0.25) is 0 Å². The molecule has 0 spiro atoms. The fourth-order valence-corrected chi connectivity index (χ4v) is 4.53. The third kappa shape index (κ3) is 7.41. The highest BCUT2D eigenvalue weighted by atomic mass is 19.1. The standard InChI is InChI=1S/C28H41FN4O3/c1-5-6-15-36-23-10-7-20(8-11-23)28(35)32(4)22-9-12-26(24(29)17-22)33-14-13-21(18-33)31-25(27(30)34)16-19(2)3/h7-12,17,19,21,25,27,31,34H,5-6,13-16,18,30H2,1-4H3. The van der Waals surface area contributed by atoms with E-state index < -0.39 is 6.23 Å². The van der Waals surface area contributed by atoms with E-state index in [1.165, 1.54) is 11.0 Å². The molecule has 4 N–H and O–H groups in total. The van der Waals surface area contributed by atoms with Crippen LogP contribution in [0, 0.1) is 11.7 Å². The molecule has 0 aliphatic carbocycles. The lowest BCUT2D eigenvalue weighted by Crippen LogP contribution is -2.50. The number of unbranched alkanes of at least 4 members (excludes halogenated alkanes) is 1. The molecule has 1 fully saturated rings. The van der Waals surface area contributed by atoms with Crippen LogP contribution >= 0.6 is 0 Å². The first-order valence-corrected chi connectivity index (χ1v) is 12.9. The minimum absolute atomic E-state index is 0.115. The zero-order valence-corrected chi connectivity index (χ0v) is 21.9. The van der Waals surface area contributed by atoms with Crippen LogP contribution in [-0.2, 0) is 0 Å². The quantitative estimate of drug-likeness (QED) is 0.300. The third-order valence-corrected chi connectivity index (χ3v) is 6.61. The van der Waals surface area contributed by atoms with Gasteiger partial charge in [-0.3, -0.25) is 4.79 Å². The van der Waals surface area contributed by atoms with Gasteiger partial charge in [0, 0.05) is 43.5 Å². The third-order valence-electron chi connectivity index (χ3n) is 6.61. The van der Waals surface area contributed by atoms with Gasteiger partial charge in [0.15, 0.2) is 0 Å². The molecule has 3 atom stereocenters. The Morgan fingerprint density at radius 3 is 2.61 bits per heavy atom. The maximum atomic E-state index is 15.1. The van der Waals surface area contributed by atoms with Gasteiger partial charge in [-0.05, 0) is 67.6 Å². The summed E-state index contributed by atoms with van der Waals surface area (Å²) in [6.45, 7) is 8.26. The summed E-state index contributed by atoms with van der Waals surface area (Å²) in [7, 11) is 1.64. The highest BCUT2D eigenvalue weighted by molar-refractivity contribution is 6.05. The Hall–Kier alpha value is -2.68. The Morgan fingerprint density at radius 1 is 1.28 bits per heavy atom. The van der Waals surface area contributed by atoms with Crippen LogP contribution < -0.4 is 25.6 Å². The van der Waals surface area contributed by atoms with E-state index >= 15 is 4.39 Å². The molecule has 3 rings (SSSR count). The molecule has 36 heavy (non-hydrogen) atoms. The average Bonchev–Trinajstić information content (AvgIpc) is 3.31. The molecule has 0 bridgehead atoms. The molecule has 0 saturated carbocycles. The second-order valence-electron chi connectivity index (χ2n) is 10.1. The number of nitrogens with one attached hydrogen (secondary N) is 1. The van der Waals surface area contributed by atoms with Crippen molar-refractivity contribution >= 4 is 17.3 Å². The molecule has 1 aliphatic rings. The summed E-state index contributed by atoms with van der Waals surface area (Å²) in [4.78, 5) is 16.4. The van der Waals surface area contributed by atoms with Crippen LogP contribution in [0.5, 0.6) is 5.75 Å². The first-order valence-electron chi connectivity index (χ1n) is 12.9. The number of carbonyl (C=O) groups is 1. The fourth-order valence-electron chi connectivity index (χ4n) is 4.53. The lowest BCUT2D eigenvalue weighted by Gasteiger charge is -2.27. The van der Waals surface area contributed by atoms with Gasteiger partial charge in [-0.25, -0.2) is 4.39 Å². The molecular weight excluding hydrogens is 459 g/mol. The van der Waals surface area contributed by atoms with Crippen molar-refractivity contribution in [1.82, 2.24) is 5.32 Å². The van der Waals surface area contributed by atoms with Gasteiger partial charge in [0.05, 0.1) is 12.3 Å². The number of aliphatic hydroxyl groups is 1. The first kappa shape index (κ1) is 27.9. The fraction of sp³-hybridized carbons (Fsp3) is 0.536. The smallest absolute Gasteiger partial charge is 0.258 e. The van der Waals surface area contributed by atoms with E-state index in [1.54, 1.807) is 43.4 Å². The van der Waals surface area contributed by atoms with E-state index in [-0.39, 0.29) is 23.8 Å². The summed E-state index contributed by atoms with van der Waals surface area (Å²) in [6, 6.07) is 11.8. The van der Waals surface area contributed by atoms with Crippen molar-refractivity contribution < 1.29 is 19.0 Å². The van der Waals surface area contributed by atoms with Crippen LogP contribution in [0.2, 0.25) is 0 Å². The summed E-state index contributed by atoms with van der Waals surface area (Å²) < 4.78 is 20.8. The molecule has 0 aromatic heterocycles. The van der Waals surface area contributed by atoms with Crippen molar-refractivity contribution in [3.05, 3.63) is 53.8 Å². The Morgan fingerprint density at radius 2 is 2.00 bits per heavy atom. The maximum Gasteiger partial charge on any atom is 0.258 e. The highest BCUT2D eigenvalue weighted by Gasteiger charge is 2.28. The number of benzene rings is 2. The average molecular weight is 501 g/mol. The number of aliphatic hydroxyl groups excluding tert-OH is 1. The molecule has 1 amide bonds. The largest absolute Gasteiger partial charge is 0.494 e. The van der Waals surface area contributed by atoms with Crippen LogP contribution in [0.25, 0.3) is 0 Å². The molecule has 1 saturated heterocycles. The van der Waals surface area contributed by atoms with Crippen LogP contribution in [0.4, 0.5) is 15.8 Å². The summed E-state index contributed by atoms with van der Waals surface area (Å²) >= 11 is 0. The van der Waals surface area contributed by atoms with Gasteiger partial charge in [-0.1, -0.05) is 27.2 Å². The Labute approximate surface area is 214 Å². The SMILES string of the molecule is CCCCOc1ccc(C(=O)N(C)c2ccc(N3CCC(NC(CC(C)C)C(N)O)C3)c(F)c2)cc1. The topological polar surface area (TPSA) is 91.1 Å². The normalized spacial score (nSPS) is 17.3. The minimum Gasteiger partial charge on any atom is -0.494 e. The maximum absolute atomic E-state index is 15.1. The van der Waals surface area contributed by atoms with E-state index in [9.17, 15) is 9.90 Å². The number of nitrogens with two attached hydrogens (primary N) is 1. The predicted molar refractivity (Wildman–Crippen MR) is 143 cm³/mol. The first-order chi connectivity index (χ1) is 17.2. The molecule has 7 nitrogen and oxygen atoms in total. The number of amides is 1. The molecule has 2 aromatic rings. The van der Waals surface area contributed by atoms with E-state index in [2.05, 4.69) is 26.1 Å². The van der Waals surface area contributed by atoms with Crippen LogP contribution in [0.15, 0.2) is 42.5 Å².